The van der Waals surface area contributed by atoms with Gasteiger partial charge in [-0.3, -0.25) is 4.98 Å². The second-order valence-electron chi connectivity index (χ2n) is 8.44. The minimum Gasteiger partial charge on any atom is -0.393 e. The molecule has 2 aromatic heterocycles. The van der Waals surface area contributed by atoms with Gasteiger partial charge in [0.05, 0.1) is 6.10 Å². The maximum atomic E-state index is 13.5. The summed E-state index contributed by atoms with van der Waals surface area (Å²) in [6.07, 6.45) is -7.08. The zero-order valence-corrected chi connectivity index (χ0v) is 17.3. The van der Waals surface area contributed by atoms with Crippen LogP contribution in [0.4, 0.5) is 38.1 Å². The molecule has 3 rings (SSSR count). The van der Waals surface area contributed by atoms with Crippen molar-refractivity contribution >= 4 is 11.8 Å². The number of pyridine rings is 1. The van der Waals surface area contributed by atoms with E-state index in [1.807, 2.05) is 13.8 Å². The highest BCUT2D eigenvalue weighted by Crippen LogP contribution is 2.39. The molecule has 6 nitrogen and oxygen atoms in total. The van der Waals surface area contributed by atoms with Crippen LogP contribution in [0.25, 0.3) is 0 Å². The van der Waals surface area contributed by atoms with Gasteiger partial charge in [-0.1, -0.05) is 19.9 Å². The first-order valence-corrected chi connectivity index (χ1v) is 9.91. The molecule has 0 spiro atoms. The Kier molecular flexibility index (Phi) is 6.55. The van der Waals surface area contributed by atoms with E-state index >= 15 is 0 Å². The van der Waals surface area contributed by atoms with E-state index in [2.05, 4.69) is 25.6 Å². The fourth-order valence-electron chi connectivity index (χ4n) is 3.73. The average Bonchev–Trinajstić information content (AvgIpc) is 2.68. The lowest BCUT2D eigenvalue weighted by atomic mass is 9.73. The summed E-state index contributed by atoms with van der Waals surface area (Å²) >= 11 is 0. The third-order valence-electron chi connectivity index (χ3n) is 5.49. The van der Waals surface area contributed by atoms with Gasteiger partial charge in [-0.25, -0.2) is 4.98 Å². The number of alkyl halides is 6. The first-order valence-electron chi connectivity index (χ1n) is 9.91. The molecule has 2 heterocycles. The highest BCUT2D eigenvalue weighted by molar-refractivity contribution is 5.49. The summed E-state index contributed by atoms with van der Waals surface area (Å²) < 4.78 is 79.7. The summed E-state index contributed by atoms with van der Waals surface area (Å²) in [4.78, 5) is 10.8. The van der Waals surface area contributed by atoms with E-state index in [4.69, 9.17) is 0 Å². The van der Waals surface area contributed by atoms with E-state index in [1.165, 1.54) is 12.1 Å². The van der Waals surface area contributed by atoms with Crippen LogP contribution in [0.15, 0.2) is 24.5 Å². The fourth-order valence-corrected chi connectivity index (χ4v) is 3.73. The van der Waals surface area contributed by atoms with Crippen molar-refractivity contribution < 1.29 is 31.4 Å². The van der Waals surface area contributed by atoms with E-state index in [1.54, 1.807) is 0 Å². The molecule has 1 aliphatic rings. The Morgan fingerprint density at radius 2 is 1.81 bits per heavy atom. The Labute approximate surface area is 180 Å². The molecule has 2 aromatic rings. The molecule has 176 valence electrons. The first-order chi connectivity index (χ1) is 14.8. The molecular weight excluding hydrogens is 440 g/mol. The lowest BCUT2D eigenvalue weighted by Gasteiger charge is -2.40. The van der Waals surface area contributed by atoms with Crippen molar-refractivity contribution in [1.29, 1.82) is 0 Å². The highest BCUT2D eigenvalue weighted by Gasteiger charge is 2.39. The second kappa shape index (κ2) is 8.72. The molecule has 0 aliphatic heterocycles. The van der Waals surface area contributed by atoms with Crippen LogP contribution in [0, 0.1) is 5.41 Å². The number of rotatable bonds is 5. The van der Waals surface area contributed by atoms with E-state index < -0.39 is 40.9 Å². The number of anilines is 2. The summed E-state index contributed by atoms with van der Waals surface area (Å²) in [5, 5.41) is 15.4. The lowest BCUT2D eigenvalue weighted by molar-refractivity contribution is -0.141. The third kappa shape index (κ3) is 5.59. The second-order valence-corrected chi connectivity index (χ2v) is 8.44. The maximum Gasteiger partial charge on any atom is 0.433 e. The van der Waals surface area contributed by atoms with Gasteiger partial charge < -0.3 is 15.7 Å². The smallest absolute Gasteiger partial charge is 0.393 e. The molecule has 12 heteroatoms. The Morgan fingerprint density at radius 1 is 1.09 bits per heavy atom. The molecule has 0 saturated heterocycles. The Hall–Kier alpha value is -2.63. The van der Waals surface area contributed by atoms with Gasteiger partial charge in [-0.05, 0) is 30.7 Å². The topological polar surface area (TPSA) is 83.0 Å². The molecule has 3 N–H and O–H groups in total. The molecule has 0 radical (unpaired) electrons. The minimum atomic E-state index is -4.72. The predicted octanol–water partition coefficient (Wildman–Crippen LogP) is 4.87. The molecule has 1 fully saturated rings. The molecule has 32 heavy (non-hydrogen) atoms. The summed E-state index contributed by atoms with van der Waals surface area (Å²) in [6.45, 7) is 3.28. The van der Waals surface area contributed by atoms with Crippen LogP contribution in [0.1, 0.15) is 49.9 Å². The number of hydrogen-bond acceptors (Lipinski definition) is 6. The average molecular weight is 463 g/mol. The standard InChI is InChI=1S/C20H23F6N5O/c1-18(2)8-12(5-6-14(18)32)30-16-13(19(21,22)23)10-29-17(31-16)28-9-11-4-3-7-27-15(11)20(24,25)26/h3-4,7,10,12,14,32H,5-6,8-9H2,1-2H3,(H2,28,29,30,31)/t12-,14+/m1/s1. The molecule has 1 saturated carbocycles. The first kappa shape index (κ1) is 24.0. The van der Waals surface area contributed by atoms with Crippen molar-refractivity contribution in [2.45, 2.75) is 64.2 Å². The zero-order chi connectivity index (χ0) is 23.7. The maximum absolute atomic E-state index is 13.5. The van der Waals surface area contributed by atoms with Gasteiger partial charge in [0.15, 0.2) is 0 Å². The van der Waals surface area contributed by atoms with Gasteiger partial charge in [-0.2, -0.15) is 31.3 Å². The molecule has 1 aliphatic carbocycles. The quantitative estimate of drug-likeness (QED) is 0.549. The number of halogens is 6. The summed E-state index contributed by atoms with van der Waals surface area (Å²) in [5.74, 6) is -0.720. The van der Waals surface area contributed by atoms with Crippen LogP contribution in [0.5, 0.6) is 0 Å². The highest BCUT2D eigenvalue weighted by atomic mass is 19.4. The fraction of sp³-hybridized carbons (Fsp3) is 0.550. The van der Waals surface area contributed by atoms with E-state index in [-0.39, 0.29) is 24.1 Å². The summed E-state index contributed by atoms with van der Waals surface area (Å²) in [6, 6.07) is 2.17. The lowest BCUT2D eigenvalue weighted by Crippen LogP contribution is -2.41. The van der Waals surface area contributed by atoms with Gasteiger partial charge in [-0.15, -0.1) is 0 Å². The van der Waals surface area contributed by atoms with Gasteiger partial charge in [0, 0.05) is 30.5 Å². The van der Waals surface area contributed by atoms with E-state index in [0.717, 1.165) is 6.20 Å². The van der Waals surface area contributed by atoms with Gasteiger partial charge in [0.1, 0.15) is 17.1 Å². The van der Waals surface area contributed by atoms with Crippen molar-refractivity contribution in [2.75, 3.05) is 10.6 Å². The van der Waals surface area contributed by atoms with Crippen molar-refractivity contribution in [3.05, 3.63) is 41.3 Å². The Bertz CT molecular complexity index is 947. The zero-order valence-electron chi connectivity index (χ0n) is 17.3. The van der Waals surface area contributed by atoms with Gasteiger partial charge >= 0.3 is 12.4 Å². The molecule has 2 atom stereocenters. The number of nitrogens with zero attached hydrogens (tertiary/aromatic N) is 3. The monoisotopic (exact) mass is 463 g/mol. The van der Waals surface area contributed by atoms with Crippen molar-refractivity contribution in [3.63, 3.8) is 0 Å². The summed E-state index contributed by atoms with van der Waals surface area (Å²) in [7, 11) is 0. The van der Waals surface area contributed by atoms with Crippen LogP contribution in [-0.4, -0.2) is 32.2 Å². The van der Waals surface area contributed by atoms with Crippen LogP contribution >= 0.6 is 0 Å². The van der Waals surface area contributed by atoms with Crippen LogP contribution in [0.3, 0.4) is 0 Å². The third-order valence-corrected chi connectivity index (χ3v) is 5.49. The number of nitrogens with one attached hydrogen (secondary N) is 2. The van der Waals surface area contributed by atoms with Crippen LogP contribution in [-0.2, 0) is 18.9 Å². The molecule has 0 unspecified atom stereocenters. The minimum absolute atomic E-state index is 0.193. The van der Waals surface area contributed by atoms with E-state index in [0.29, 0.717) is 25.5 Å². The number of aliphatic hydroxyl groups excluding tert-OH is 1. The van der Waals surface area contributed by atoms with E-state index in [9.17, 15) is 31.4 Å². The molecule has 0 aromatic carbocycles. The molecule has 0 amide bonds. The largest absolute Gasteiger partial charge is 0.433 e. The summed E-state index contributed by atoms with van der Waals surface area (Å²) in [5.41, 5.74) is -2.86. The van der Waals surface area contributed by atoms with Gasteiger partial charge in [0.25, 0.3) is 0 Å². The molecule has 0 bridgehead atoms. The Balaban J connectivity index is 1.82. The number of aromatic nitrogens is 3. The number of hydrogen-bond donors (Lipinski definition) is 3. The predicted molar refractivity (Wildman–Crippen MR) is 105 cm³/mol. The van der Waals surface area contributed by atoms with Gasteiger partial charge in [0.2, 0.25) is 5.95 Å². The molecular formula is C20H23F6N5O. The van der Waals surface area contributed by atoms with Crippen molar-refractivity contribution in [2.24, 2.45) is 5.41 Å². The van der Waals surface area contributed by atoms with Crippen molar-refractivity contribution in [3.8, 4) is 0 Å². The SMILES string of the molecule is CC1(C)C[C@H](Nc2nc(NCc3cccnc3C(F)(F)F)ncc2C(F)(F)F)CC[C@@H]1O. The van der Waals surface area contributed by atoms with Crippen LogP contribution in [0.2, 0.25) is 0 Å². The Morgan fingerprint density at radius 3 is 2.44 bits per heavy atom. The normalized spacial score (nSPS) is 21.3. The van der Waals surface area contributed by atoms with Crippen LogP contribution < -0.4 is 10.6 Å². The number of aliphatic hydroxyl groups is 1. The van der Waals surface area contributed by atoms with Crippen molar-refractivity contribution in [1.82, 2.24) is 15.0 Å².